The third-order valence-electron chi connectivity index (χ3n) is 5.69. The van der Waals surface area contributed by atoms with Crippen molar-refractivity contribution in [2.24, 2.45) is 0 Å². The molecule has 162 valence electrons. The Morgan fingerprint density at radius 1 is 0.970 bits per heavy atom. The van der Waals surface area contributed by atoms with E-state index in [4.69, 9.17) is 23.2 Å². The summed E-state index contributed by atoms with van der Waals surface area (Å²) < 4.78 is 3.08. The number of H-pyrrole nitrogens is 1. The zero-order valence-corrected chi connectivity index (χ0v) is 18.5. The second kappa shape index (κ2) is 7.68. The highest BCUT2D eigenvalue weighted by molar-refractivity contribution is 6.31. The van der Waals surface area contributed by atoms with Gasteiger partial charge in [-0.05, 0) is 47.9 Å². The van der Waals surface area contributed by atoms with Gasteiger partial charge in [0, 0.05) is 39.3 Å². The summed E-state index contributed by atoms with van der Waals surface area (Å²) >= 11 is 12.1. The predicted octanol–water partition coefficient (Wildman–Crippen LogP) is 4.53. The molecule has 10 heteroatoms. The number of hydrogen-bond donors (Lipinski definition) is 1. The van der Waals surface area contributed by atoms with E-state index in [0.717, 1.165) is 27.6 Å². The summed E-state index contributed by atoms with van der Waals surface area (Å²) in [7, 11) is 0. The minimum Gasteiger partial charge on any atom is -0.361 e. The van der Waals surface area contributed by atoms with Crippen molar-refractivity contribution < 1.29 is 0 Å². The first-order chi connectivity index (χ1) is 16.1. The second-order valence-electron chi connectivity index (χ2n) is 7.67. The van der Waals surface area contributed by atoms with Crippen LogP contribution in [0.3, 0.4) is 0 Å². The maximum atomic E-state index is 13.1. The standard InChI is InChI=1S/C23H15Cl2N7O/c24-15-3-1-13(2-4-15)18-11-28-32-21(18)30-29-20-22(32)27-12-31(23(20)33)8-7-14-10-26-19-6-5-16(25)9-17(14)19/h1-6,9-12,26H,7-8H2. The van der Waals surface area contributed by atoms with Gasteiger partial charge in [-0.3, -0.25) is 9.36 Å². The van der Waals surface area contributed by atoms with Crippen molar-refractivity contribution in [3.8, 4) is 11.1 Å². The Balaban J connectivity index is 1.37. The van der Waals surface area contributed by atoms with Crippen molar-refractivity contribution in [1.82, 2.24) is 34.3 Å². The van der Waals surface area contributed by atoms with Crippen molar-refractivity contribution in [2.45, 2.75) is 13.0 Å². The highest BCUT2D eigenvalue weighted by Gasteiger charge is 2.15. The largest absolute Gasteiger partial charge is 0.361 e. The lowest BCUT2D eigenvalue weighted by Crippen LogP contribution is -2.23. The summed E-state index contributed by atoms with van der Waals surface area (Å²) in [6.07, 6.45) is 5.77. The number of nitrogens with zero attached hydrogens (tertiary/aromatic N) is 6. The van der Waals surface area contributed by atoms with Crippen LogP contribution in [-0.4, -0.2) is 34.3 Å². The van der Waals surface area contributed by atoms with Crippen LogP contribution in [0.15, 0.2) is 66.0 Å². The Labute approximate surface area is 196 Å². The molecule has 0 aliphatic heterocycles. The number of nitrogens with one attached hydrogen (secondary N) is 1. The Hall–Kier alpha value is -3.75. The minimum atomic E-state index is -0.268. The minimum absolute atomic E-state index is 0.165. The number of rotatable bonds is 4. The Bertz CT molecular complexity index is 1720. The third kappa shape index (κ3) is 3.35. The van der Waals surface area contributed by atoms with E-state index >= 15 is 0 Å². The number of fused-ring (bicyclic) bond motifs is 4. The molecule has 0 unspecified atom stereocenters. The molecule has 1 N–H and O–H groups in total. The zero-order chi connectivity index (χ0) is 22.5. The second-order valence-corrected chi connectivity index (χ2v) is 8.54. The van der Waals surface area contributed by atoms with Crippen LogP contribution < -0.4 is 5.56 Å². The number of aryl methyl sites for hydroxylation is 2. The highest BCUT2D eigenvalue weighted by Crippen LogP contribution is 2.26. The Morgan fingerprint density at radius 2 is 1.79 bits per heavy atom. The molecule has 33 heavy (non-hydrogen) atoms. The smallest absolute Gasteiger partial charge is 0.283 e. The van der Waals surface area contributed by atoms with Gasteiger partial charge in [0.2, 0.25) is 0 Å². The number of benzene rings is 2. The molecule has 0 fully saturated rings. The van der Waals surface area contributed by atoms with E-state index in [-0.39, 0.29) is 11.1 Å². The predicted molar refractivity (Wildman–Crippen MR) is 128 cm³/mol. The van der Waals surface area contributed by atoms with Gasteiger partial charge in [-0.2, -0.15) is 9.61 Å². The van der Waals surface area contributed by atoms with E-state index in [2.05, 4.69) is 25.3 Å². The van der Waals surface area contributed by atoms with Crippen LogP contribution in [0.4, 0.5) is 0 Å². The van der Waals surface area contributed by atoms with Crippen LogP contribution in [0.1, 0.15) is 5.56 Å². The van der Waals surface area contributed by atoms with Crippen LogP contribution in [0.5, 0.6) is 0 Å². The van der Waals surface area contributed by atoms with Crippen LogP contribution in [0.25, 0.3) is 38.8 Å². The van der Waals surface area contributed by atoms with Crippen LogP contribution in [-0.2, 0) is 13.0 Å². The summed E-state index contributed by atoms with van der Waals surface area (Å²) in [6.45, 7) is 0.441. The van der Waals surface area contributed by atoms with Gasteiger partial charge in [-0.15, -0.1) is 10.2 Å². The molecule has 0 atom stereocenters. The van der Waals surface area contributed by atoms with Crippen molar-refractivity contribution in [3.63, 3.8) is 0 Å². The molecule has 4 heterocycles. The number of hydrogen-bond acceptors (Lipinski definition) is 5. The summed E-state index contributed by atoms with van der Waals surface area (Å²) in [5, 5.41) is 15.2. The Kier molecular flexibility index (Phi) is 4.63. The molecule has 6 aromatic rings. The van der Waals surface area contributed by atoms with Gasteiger partial charge in [0.1, 0.15) is 6.33 Å². The van der Waals surface area contributed by atoms with Crippen molar-refractivity contribution in [1.29, 1.82) is 0 Å². The monoisotopic (exact) mass is 475 g/mol. The van der Waals surface area contributed by atoms with E-state index in [0.29, 0.717) is 34.3 Å². The molecule has 4 aromatic heterocycles. The van der Waals surface area contributed by atoms with Gasteiger partial charge in [-0.1, -0.05) is 35.3 Å². The summed E-state index contributed by atoms with van der Waals surface area (Å²) in [4.78, 5) is 20.8. The molecule has 2 aromatic carbocycles. The maximum absolute atomic E-state index is 13.1. The van der Waals surface area contributed by atoms with Gasteiger partial charge in [0.05, 0.1) is 6.20 Å². The van der Waals surface area contributed by atoms with Gasteiger partial charge in [0.15, 0.2) is 16.8 Å². The molecule has 0 aliphatic carbocycles. The van der Waals surface area contributed by atoms with Gasteiger partial charge in [-0.25, -0.2) is 4.98 Å². The Morgan fingerprint density at radius 3 is 2.64 bits per heavy atom. The number of aromatic nitrogens is 7. The molecular formula is C23H15Cl2N7O. The zero-order valence-electron chi connectivity index (χ0n) is 17.0. The van der Waals surface area contributed by atoms with Gasteiger partial charge in [0.25, 0.3) is 5.56 Å². The topological polar surface area (TPSA) is 93.8 Å². The van der Waals surface area contributed by atoms with Crippen LogP contribution in [0, 0.1) is 0 Å². The van der Waals surface area contributed by atoms with E-state index in [9.17, 15) is 4.79 Å². The van der Waals surface area contributed by atoms with Gasteiger partial charge < -0.3 is 4.98 Å². The third-order valence-corrected chi connectivity index (χ3v) is 6.18. The van der Waals surface area contributed by atoms with E-state index < -0.39 is 0 Å². The summed E-state index contributed by atoms with van der Waals surface area (Å²) in [6, 6.07) is 13.1. The lowest BCUT2D eigenvalue weighted by atomic mass is 10.1. The average Bonchev–Trinajstić information content (AvgIpc) is 3.43. The molecule has 0 amide bonds. The van der Waals surface area contributed by atoms with Crippen LogP contribution >= 0.6 is 23.2 Å². The molecule has 8 nitrogen and oxygen atoms in total. The first kappa shape index (κ1) is 19.9. The van der Waals surface area contributed by atoms with Crippen LogP contribution in [0.2, 0.25) is 10.0 Å². The van der Waals surface area contributed by atoms with Gasteiger partial charge >= 0.3 is 0 Å². The van der Waals surface area contributed by atoms with E-state index in [1.54, 1.807) is 22.8 Å². The first-order valence-electron chi connectivity index (χ1n) is 10.2. The fourth-order valence-electron chi connectivity index (χ4n) is 3.99. The first-order valence-corrected chi connectivity index (χ1v) is 10.9. The molecular weight excluding hydrogens is 461 g/mol. The average molecular weight is 476 g/mol. The molecule has 6 rings (SSSR count). The molecule has 0 bridgehead atoms. The highest BCUT2D eigenvalue weighted by atomic mass is 35.5. The fraction of sp³-hybridized carbons (Fsp3) is 0.0870. The molecule has 0 saturated heterocycles. The maximum Gasteiger partial charge on any atom is 0.283 e. The SMILES string of the molecule is O=c1c2nnc3c(-c4ccc(Cl)cc4)cnn3c2ncn1CCc1c[nH]c2ccc(Cl)cc12. The molecule has 0 radical (unpaired) electrons. The number of aromatic amines is 1. The molecule has 0 aliphatic rings. The quantitative estimate of drug-likeness (QED) is 0.404. The lowest BCUT2D eigenvalue weighted by molar-refractivity contribution is 0.659. The normalized spacial score (nSPS) is 11.7. The molecule has 0 saturated carbocycles. The summed E-state index contributed by atoms with van der Waals surface area (Å²) in [5.74, 6) is 0. The number of halogens is 2. The molecule has 0 spiro atoms. The van der Waals surface area contributed by atoms with E-state index in [1.165, 1.54) is 10.9 Å². The summed E-state index contributed by atoms with van der Waals surface area (Å²) in [5.41, 5.74) is 4.53. The van der Waals surface area contributed by atoms with E-state index in [1.807, 2.05) is 36.5 Å². The fourth-order valence-corrected chi connectivity index (χ4v) is 4.29. The van der Waals surface area contributed by atoms with Crippen molar-refractivity contribution >= 4 is 50.9 Å². The van der Waals surface area contributed by atoms with Crippen molar-refractivity contribution in [2.75, 3.05) is 0 Å². The van der Waals surface area contributed by atoms with Crippen molar-refractivity contribution in [3.05, 3.63) is 87.1 Å². The lowest BCUT2D eigenvalue weighted by Gasteiger charge is -2.07.